The first-order valence-corrected chi connectivity index (χ1v) is 8.15. The van der Waals surface area contributed by atoms with Gasteiger partial charge in [-0.3, -0.25) is 4.79 Å². The fourth-order valence-electron chi connectivity index (χ4n) is 2.74. The number of benzene rings is 2. The number of furan rings is 1. The molecule has 4 rings (SSSR count). The van der Waals surface area contributed by atoms with E-state index in [4.69, 9.17) is 4.42 Å². The standard InChI is InChI=1S/C20H17N3O2/c24-20(18-6-3-13-25-18)21-15-10-7-14(8-11-15)9-12-19-22-16-4-1-2-5-17(16)23-19/h1-8,10-11,13H,9,12H2,(H,21,24)(H,22,23). The van der Waals surface area contributed by atoms with Crippen LogP contribution in [0.25, 0.3) is 11.0 Å². The molecule has 25 heavy (non-hydrogen) atoms. The second-order valence-electron chi connectivity index (χ2n) is 5.83. The van der Waals surface area contributed by atoms with Gasteiger partial charge in [-0.15, -0.1) is 0 Å². The van der Waals surface area contributed by atoms with Crippen LogP contribution in [0, 0.1) is 0 Å². The summed E-state index contributed by atoms with van der Waals surface area (Å²) in [6, 6.07) is 19.2. The highest BCUT2D eigenvalue weighted by Crippen LogP contribution is 2.15. The maximum Gasteiger partial charge on any atom is 0.291 e. The lowest BCUT2D eigenvalue weighted by molar-refractivity contribution is 0.0996. The van der Waals surface area contributed by atoms with Crippen LogP contribution in [0.1, 0.15) is 21.9 Å². The number of rotatable bonds is 5. The Hall–Kier alpha value is -3.34. The number of anilines is 1. The molecule has 0 saturated carbocycles. The number of carbonyl (C=O) groups is 1. The molecule has 0 aliphatic heterocycles. The predicted octanol–water partition coefficient (Wildman–Crippen LogP) is 4.19. The van der Waals surface area contributed by atoms with Gasteiger partial charge in [0.1, 0.15) is 5.82 Å². The van der Waals surface area contributed by atoms with E-state index >= 15 is 0 Å². The molecule has 5 heteroatoms. The van der Waals surface area contributed by atoms with Gasteiger partial charge in [-0.25, -0.2) is 4.98 Å². The second kappa shape index (κ2) is 6.65. The Kier molecular flexibility index (Phi) is 4.04. The molecule has 0 saturated heterocycles. The van der Waals surface area contributed by atoms with Gasteiger partial charge in [-0.2, -0.15) is 0 Å². The van der Waals surface area contributed by atoms with Gasteiger partial charge in [0, 0.05) is 12.1 Å². The van der Waals surface area contributed by atoms with Crippen molar-refractivity contribution >= 4 is 22.6 Å². The van der Waals surface area contributed by atoms with Crippen LogP contribution < -0.4 is 5.32 Å². The third-order valence-electron chi connectivity index (χ3n) is 4.05. The molecule has 0 fully saturated rings. The van der Waals surface area contributed by atoms with Crippen LogP contribution in [0.4, 0.5) is 5.69 Å². The summed E-state index contributed by atoms with van der Waals surface area (Å²) in [4.78, 5) is 19.9. The number of aromatic amines is 1. The van der Waals surface area contributed by atoms with E-state index in [0.717, 1.165) is 35.4 Å². The van der Waals surface area contributed by atoms with Crippen LogP contribution in [0.2, 0.25) is 0 Å². The highest BCUT2D eigenvalue weighted by molar-refractivity contribution is 6.02. The van der Waals surface area contributed by atoms with Crippen molar-refractivity contribution in [1.82, 2.24) is 9.97 Å². The number of fused-ring (bicyclic) bond motifs is 1. The number of aromatic nitrogens is 2. The van der Waals surface area contributed by atoms with Crippen molar-refractivity contribution in [2.45, 2.75) is 12.8 Å². The van der Waals surface area contributed by atoms with Crippen LogP contribution in [0.3, 0.4) is 0 Å². The van der Waals surface area contributed by atoms with E-state index in [1.807, 2.05) is 48.5 Å². The number of amides is 1. The van der Waals surface area contributed by atoms with E-state index in [1.54, 1.807) is 12.1 Å². The molecule has 0 spiro atoms. The van der Waals surface area contributed by atoms with Gasteiger partial charge in [0.2, 0.25) is 0 Å². The van der Waals surface area contributed by atoms with Crippen LogP contribution in [0.15, 0.2) is 71.3 Å². The number of carbonyl (C=O) groups excluding carboxylic acids is 1. The fourth-order valence-corrected chi connectivity index (χ4v) is 2.74. The van der Waals surface area contributed by atoms with E-state index in [1.165, 1.54) is 11.8 Å². The Morgan fingerprint density at radius 1 is 1.00 bits per heavy atom. The van der Waals surface area contributed by atoms with Crippen LogP contribution in [-0.4, -0.2) is 15.9 Å². The number of nitrogens with one attached hydrogen (secondary N) is 2. The summed E-state index contributed by atoms with van der Waals surface area (Å²) in [7, 11) is 0. The fraction of sp³-hybridized carbons (Fsp3) is 0.100. The van der Waals surface area contributed by atoms with E-state index in [9.17, 15) is 4.79 Å². The average Bonchev–Trinajstić information content (AvgIpc) is 3.30. The highest BCUT2D eigenvalue weighted by atomic mass is 16.3. The Balaban J connectivity index is 1.37. The number of imidazole rings is 1. The van der Waals surface area contributed by atoms with E-state index in [-0.39, 0.29) is 5.91 Å². The van der Waals surface area contributed by atoms with E-state index in [2.05, 4.69) is 15.3 Å². The van der Waals surface area contributed by atoms with Crippen LogP contribution in [0.5, 0.6) is 0 Å². The Bertz CT molecular complexity index is 952. The number of hydrogen-bond donors (Lipinski definition) is 2. The van der Waals surface area contributed by atoms with Gasteiger partial charge in [0.25, 0.3) is 5.91 Å². The largest absolute Gasteiger partial charge is 0.459 e. The molecule has 124 valence electrons. The molecule has 1 amide bonds. The zero-order chi connectivity index (χ0) is 17.1. The first-order valence-electron chi connectivity index (χ1n) is 8.15. The summed E-state index contributed by atoms with van der Waals surface area (Å²) in [5, 5.41) is 2.81. The molecule has 4 aromatic rings. The summed E-state index contributed by atoms with van der Waals surface area (Å²) < 4.78 is 5.08. The third kappa shape index (κ3) is 3.45. The molecular formula is C20H17N3O2. The summed E-state index contributed by atoms with van der Waals surface area (Å²) in [6.45, 7) is 0. The van der Waals surface area contributed by atoms with Crippen molar-refractivity contribution in [3.63, 3.8) is 0 Å². The monoisotopic (exact) mass is 331 g/mol. The van der Waals surface area contributed by atoms with Gasteiger partial charge in [-0.05, 0) is 48.4 Å². The minimum atomic E-state index is -0.250. The molecule has 2 aromatic heterocycles. The quantitative estimate of drug-likeness (QED) is 0.576. The van der Waals surface area contributed by atoms with Crippen molar-refractivity contribution < 1.29 is 9.21 Å². The lowest BCUT2D eigenvalue weighted by atomic mass is 10.1. The molecule has 0 unspecified atom stereocenters. The van der Waals surface area contributed by atoms with Gasteiger partial charge in [-0.1, -0.05) is 24.3 Å². The lowest BCUT2D eigenvalue weighted by Crippen LogP contribution is -2.10. The Morgan fingerprint density at radius 2 is 1.84 bits per heavy atom. The summed E-state index contributed by atoms with van der Waals surface area (Å²) in [6.07, 6.45) is 3.20. The van der Waals surface area contributed by atoms with E-state index in [0.29, 0.717) is 5.76 Å². The van der Waals surface area contributed by atoms with Gasteiger partial charge in [0.05, 0.1) is 17.3 Å². The Labute approximate surface area is 144 Å². The molecule has 2 N–H and O–H groups in total. The van der Waals surface area contributed by atoms with Crippen molar-refractivity contribution in [2.24, 2.45) is 0 Å². The number of hydrogen-bond acceptors (Lipinski definition) is 3. The number of para-hydroxylation sites is 2. The molecule has 2 aromatic carbocycles. The maximum atomic E-state index is 11.9. The molecule has 0 aliphatic rings. The first kappa shape index (κ1) is 15.2. The topological polar surface area (TPSA) is 70.9 Å². The van der Waals surface area contributed by atoms with Crippen molar-refractivity contribution in [2.75, 3.05) is 5.32 Å². The number of H-pyrrole nitrogens is 1. The maximum absolute atomic E-state index is 11.9. The summed E-state index contributed by atoms with van der Waals surface area (Å²) >= 11 is 0. The minimum absolute atomic E-state index is 0.250. The lowest BCUT2D eigenvalue weighted by Gasteiger charge is -2.05. The van der Waals surface area contributed by atoms with E-state index < -0.39 is 0 Å². The third-order valence-corrected chi connectivity index (χ3v) is 4.05. The number of aryl methyl sites for hydroxylation is 2. The second-order valence-corrected chi connectivity index (χ2v) is 5.83. The zero-order valence-electron chi connectivity index (χ0n) is 13.5. The molecule has 2 heterocycles. The first-order chi connectivity index (χ1) is 12.3. The predicted molar refractivity (Wildman–Crippen MR) is 96.6 cm³/mol. The zero-order valence-corrected chi connectivity index (χ0v) is 13.5. The Morgan fingerprint density at radius 3 is 2.60 bits per heavy atom. The van der Waals surface area contributed by atoms with Gasteiger partial charge in [0.15, 0.2) is 5.76 Å². The normalized spacial score (nSPS) is 10.9. The minimum Gasteiger partial charge on any atom is -0.459 e. The molecular weight excluding hydrogens is 314 g/mol. The molecule has 0 radical (unpaired) electrons. The van der Waals surface area contributed by atoms with Crippen molar-refractivity contribution in [3.05, 3.63) is 84.1 Å². The summed E-state index contributed by atoms with van der Waals surface area (Å²) in [5.41, 5.74) is 3.99. The SMILES string of the molecule is O=C(Nc1ccc(CCc2nc3ccccc3[nH]2)cc1)c1ccco1. The van der Waals surface area contributed by atoms with Gasteiger partial charge < -0.3 is 14.7 Å². The van der Waals surface area contributed by atoms with Crippen LogP contribution in [-0.2, 0) is 12.8 Å². The average molecular weight is 331 g/mol. The molecule has 5 nitrogen and oxygen atoms in total. The highest BCUT2D eigenvalue weighted by Gasteiger charge is 2.08. The molecule has 0 bridgehead atoms. The van der Waals surface area contributed by atoms with Crippen LogP contribution >= 0.6 is 0 Å². The smallest absolute Gasteiger partial charge is 0.291 e. The van der Waals surface area contributed by atoms with Crippen molar-refractivity contribution in [3.8, 4) is 0 Å². The van der Waals surface area contributed by atoms with Crippen molar-refractivity contribution in [1.29, 1.82) is 0 Å². The number of nitrogens with zero attached hydrogens (tertiary/aromatic N) is 1. The molecule has 0 aliphatic carbocycles. The molecule has 0 atom stereocenters. The van der Waals surface area contributed by atoms with Gasteiger partial charge >= 0.3 is 0 Å². The summed E-state index contributed by atoms with van der Waals surface area (Å²) in [5.74, 6) is 1.03.